The van der Waals surface area contributed by atoms with Gasteiger partial charge in [0, 0.05) is 11.4 Å². The van der Waals surface area contributed by atoms with Gasteiger partial charge >= 0.3 is 34.1 Å². The number of rotatable bonds is 10. The average Bonchev–Trinajstić information content (AvgIpc) is 2.74. The summed E-state index contributed by atoms with van der Waals surface area (Å²) in [6, 6.07) is 21.7. The third-order valence-electron chi connectivity index (χ3n) is 6.46. The van der Waals surface area contributed by atoms with Crippen LogP contribution in [0.2, 0.25) is 118 Å². The zero-order chi connectivity index (χ0) is 32.9. The van der Waals surface area contributed by atoms with Gasteiger partial charge in [0.05, 0.1) is 32.3 Å². The predicted octanol–water partition coefficient (Wildman–Crippen LogP) is 11.2. The first-order valence-electron chi connectivity index (χ1n) is 15.7. The van der Waals surface area contributed by atoms with Crippen molar-refractivity contribution in [3.05, 3.63) is 81.4 Å². The number of hydrogen-bond acceptors (Lipinski definition) is 0. The van der Waals surface area contributed by atoms with E-state index in [9.17, 15) is 0 Å². The fourth-order valence-corrected chi connectivity index (χ4v) is 30.0. The minimum atomic E-state index is -1.51. The molecule has 44 heavy (non-hydrogen) atoms. The van der Waals surface area contributed by atoms with Crippen molar-refractivity contribution in [1.29, 1.82) is 0 Å². The second kappa shape index (κ2) is 17.3. The normalized spacial score (nSPS) is 12.4. The molecule has 0 aliphatic rings. The molecule has 0 atom stereocenters. The molecular weight excluding hydrogens is 732 g/mol. The van der Waals surface area contributed by atoms with E-state index in [0.717, 1.165) is 0 Å². The molecule has 10 heteroatoms. The van der Waals surface area contributed by atoms with E-state index >= 15 is 0 Å². The minimum Gasteiger partial charge on any atom is -0.322 e. The third kappa shape index (κ3) is 16.1. The molecule has 0 aromatic heterocycles. The summed E-state index contributed by atoms with van der Waals surface area (Å²) in [5.74, 6) is 0. The maximum absolute atomic E-state index is 5.30. The molecule has 0 unspecified atom stereocenters. The van der Waals surface area contributed by atoms with Crippen molar-refractivity contribution in [2.24, 2.45) is 0 Å². The molecule has 0 fully saturated rings. The molecule has 0 saturated heterocycles. The summed E-state index contributed by atoms with van der Waals surface area (Å²) in [6.07, 6.45) is 0. The van der Waals surface area contributed by atoms with Crippen LogP contribution in [0.4, 0.5) is 0 Å². The summed E-state index contributed by atoms with van der Waals surface area (Å²) in [7, 11) is -8.62. The van der Waals surface area contributed by atoms with Gasteiger partial charge in [-0.15, -0.1) is 0 Å². The van der Waals surface area contributed by atoms with Crippen molar-refractivity contribution in [2.75, 3.05) is 0 Å². The van der Waals surface area contributed by atoms with Gasteiger partial charge in [0.1, 0.15) is 0 Å². The Morgan fingerprint density at radius 2 is 0.568 bits per heavy atom. The van der Waals surface area contributed by atoms with Crippen molar-refractivity contribution in [2.45, 2.75) is 118 Å². The van der Waals surface area contributed by atoms with Gasteiger partial charge in [-0.1, -0.05) is 149 Å². The van der Waals surface area contributed by atoms with Crippen molar-refractivity contribution in [3.63, 3.8) is 0 Å². The van der Waals surface area contributed by atoms with E-state index in [-0.39, 0.29) is 34.1 Å². The second-order valence-corrected chi connectivity index (χ2v) is 47.9. The Bertz CT molecular complexity index is 1080. The first-order valence-corrected chi connectivity index (χ1v) is 36.6. The minimum absolute atomic E-state index is 0. The number of hydrogen-bond donors (Lipinski definition) is 0. The van der Waals surface area contributed by atoms with Crippen molar-refractivity contribution < 1.29 is 34.1 Å². The first kappa shape index (κ1) is 46.0. The number of benzene rings is 2. The molecule has 254 valence electrons. The maximum Gasteiger partial charge on any atom is 1.00 e. The molecule has 0 aliphatic heterocycles. The molecular formula is C34H64Cu2N2Si6+2. The van der Waals surface area contributed by atoms with Gasteiger partial charge in [-0.3, -0.25) is 0 Å². The Hall–Kier alpha value is -0.140. The van der Waals surface area contributed by atoms with Gasteiger partial charge in [-0.05, 0) is 50.4 Å². The van der Waals surface area contributed by atoms with E-state index in [2.05, 4.69) is 179 Å². The smallest absolute Gasteiger partial charge is 0.322 e. The number of nitrogens with zero attached hydrogens (tertiary/aromatic N) is 2. The summed E-state index contributed by atoms with van der Waals surface area (Å²) in [5, 5.41) is 0. The standard InChI is InChI=1S/2C17H32NSi3.2Cu/c2*1-19(2,3)17(20(4,5)6)16(18-21(7,8)9)15-13-11-10-12-14-15;;/h2*10-14H,1-9H3;;/q;;2*+1. The topological polar surface area (TPSA) is 28.2 Å². The van der Waals surface area contributed by atoms with Crippen LogP contribution in [0, 0.1) is 0 Å². The van der Waals surface area contributed by atoms with E-state index in [1.165, 1.54) is 22.5 Å². The molecule has 2 nitrogen and oxygen atoms in total. The largest absolute Gasteiger partial charge is 1.00 e. The quantitative estimate of drug-likeness (QED) is 0.214. The maximum atomic E-state index is 5.30. The van der Waals surface area contributed by atoms with E-state index in [1.807, 2.05) is 0 Å². The van der Waals surface area contributed by atoms with Gasteiger partial charge < -0.3 is 9.96 Å². The van der Waals surface area contributed by atoms with Crippen LogP contribution in [0.25, 0.3) is 11.4 Å². The van der Waals surface area contributed by atoms with Gasteiger partial charge in [0.25, 0.3) is 0 Å². The van der Waals surface area contributed by atoms with Gasteiger partial charge in [0.2, 0.25) is 0 Å². The van der Waals surface area contributed by atoms with Crippen molar-refractivity contribution in [3.8, 4) is 0 Å². The van der Waals surface area contributed by atoms with E-state index in [1.54, 1.807) is 9.64 Å². The van der Waals surface area contributed by atoms with Gasteiger partial charge in [-0.25, -0.2) is 0 Å². The Morgan fingerprint density at radius 1 is 0.364 bits per heavy atom. The summed E-state index contributed by atoms with van der Waals surface area (Å²) >= 11 is 0. The van der Waals surface area contributed by atoms with Crippen LogP contribution in [0.1, 0.15) is 11.1 Å². The van der Waals surface area contributed by atoms with Crippen LogP contribution in [-0.4, -0.2) is 48.8 Å². The van der Waals surface area contributed by atoms with Gasteiger partial charge in [0.15, 0.2) is 16.5 Å². The van der Waals surface area contributed by atoms with E-state index in [0.29, 0.717) is 0 Å². The van der Waals surface area contributed by atoms with E-state index in [4.69, 9.17) is 9.96 Å². The molecule has 2 rings (SSSR count). The van der Waals surface area contributed by atoms with Crippen LogP contribution in [0.5, 0.6) is 0 Å². The second-order valence-electron chi connectivity index (χ2n) is 17.7. The average molecular weight is 797 g/mol. The molecule has 2 radical (unpaired) electrons. The van der Waals surface area contributed by atoms with Crippen molar-refractivity contribution >= 4 is 60.2 Å². The Kier molecular flexibility index (Phi) is 18.1. The zero-order valence-corrected chi connectivity index (χ0v) is 39.2. The molecule has 0 saturated carbocycles. The van der Waals surface area contributed by atoms with Crippen molar-refractivity contribution in [1.82, 2.24) is 9.96 Å². The summed E-state index contributed by atoms with van der Waals surface area (Å²) in [6.45, 7) is 43.7. The Labute approximate surface area is 301 Å². The van der Waals surface area contributed by atoms with Crippen LogP contribution < -0.4 is 9.96 Å². The molecule has 0 spiro atoms. The summed E-state index contributed by atoms with van der Waals surface area (Å²) < 4.78 is 0. The first-order chi connectivity index (χ1) is 18.6. The van der Waals surface area contributed by atoms with Crippen LogP contribution in [-0.2, 0) is 34.1 Å². The molecule has 0 heterocycles. The Balaban J connectivity index is 0. The van der Waals surface area contributed by atoms with E-state index < -0.39 is 48.8 Å². The SMILES string of the molecule is C[Si](C)(C)[N]C(=C([Si](C)(C)C)[Si](C)(C)C)c1ccccc1.C[Si](C)(C)[N]C(=C([Si](C)(C)C)[Si](C)(C)C)c1ccccc1.[Cu+].[Cu+]. The third-order valence-corrected chi connectivity index (χ3v) is 24.2. The molecule has 2 aromatic carbocycles. The molecule has 2 aromatic rings. The van der Waals surface area contributed by atoms with Crippen LogP contribution in [0.15, 0.2) is 70.3 Å². The zero-order valence-electron chi connectivity index (χ0n) is 31.3. The van der Waals surface area contributed by atoms with Gasteiger partial charge in [-0.2, -0.15) is 0 Å². The fraction of sp³-hybridized carbons (Fsp3) is 0.529. The predicted molar refractivity (Wildman–Crippen MR) is 211 cm³/mol. The molecule has 0 amide bonds. The van der Waals surface area contributed by atoms with Crippen LogP contribution >= 0.6 is 0 Å². The fourth-order valence-electron chi connectivity index (χ4n) is 6.06. The summed E-state index contributed by atoms with van der Waals surface area (Å²) in [4.78, 5) is 14.1. The Morgan fingerprint density at radius 3 is 0.727 bits per heavy atom. The molecule has 0 N–H and O–H groups in total. The van der Waals surface area contributed by atoms with Crippen LogP contribution in [0.3, 0.4) is 0 Å². The molecule has 0 bridgehead atoms. The monoisotopic (exact) mass is 794 g/mol. The molecule has 0 aliphatic carbocycles. The summed E-state index contributed by atoms with van der Waals surface area (Å²) in [5.41, 5.74) is 5.32.